The largest absolute Gasteiger partial charge is 0.508 e. The third-order valence-electron chi connectivity index (χ3n) is 7.23. The molecule has 36 heavy (non-hydrogen) atoms. The van der Waals surface area contributed by atoms with Gasteiger partial charge < -0.3 is 24.4 Å². The average molecular weight is 489 g/mol. The van der Waals surface area contributed by atoms with Crippen LogP contribution in [0.1, 0.15) is 41.5 Å². The second-order valence-corrected chi connectivity index (χ2v) is 9.75. The van der Waals surface area contributed by atoms with E-state index in [2.05, 4.69) is 78.4 Å². The third-order valence-corrected chi connectivity index (χ3v) is 7.23. The molecular formula is C31H40N2O3. The highest BCUT2D eigenvalue weighted by atomic mass is 16.5. The highest BCUT2D eigenvalue weighted by molar-refractivity contribution is 5.56. The van der Waals surface area contributed by atoms with E-state index in [4.69, 9.17) is 9.47 Å². The lowest BCUT2D eigenvalue weighted by Crippen LogP contribution is -2.27. The number of nitrogens with zero attached hydrogens (tertiary/aromatic N) is 2. The molecule has 0 fully saturated rings. The Morgan fingerprint density at radius 1 is 0.944 bits per heavy atom. The van der Waals surface area contributed by atoms with Crippen LogP contribution in [0.2, 0.25) is 0 Å². The number of para-hydroxylation sites is 1. The van der Waals surface area contributed by atoms with E-state index in [0.29, 0.717) is 18.3 Å². The normalized spacial score (nSPS) is 15.1. The molecule has 0 bridgehead atoms. The second kappa shape index (κ2) is 12.8. The molecule has 1 aliphatic carbocycles. The molecule has 0 aromatic heterocycles. The Labute approximate surface area is 216 Å². The Morgan fingerprint density at radius 3 is 2.50 bits per heavy atom. The fourth-order valence-corrected chi connectivity index (χ4v) is 5.08. The van der Waals surface area contributed by atoms with Crippen molar-refractivity contribution in [2.45, 2.75) is 38.6 Å². The quantitative estimate of drug-likeness (QED) is 0.357. The summed E-state index contributed by atoms with van der Waals surface area (Å²) in [6.45, 7) is 7.22. The first kappa shape index (κ1) is 26.1. The van der Waals surface area contributed by atoms with E-state index in [1.807, 2.05) is 12.1 Å². The van der Waals surface area contributed by atoms with Gasteiger partial charge in [-0.3, -0.25) is 0 Å². The molecule has 0 radical (unpaired) electrons. The predicted molar refractivity (Wildman–Crippen MR) is 147 cm³/mol. The number of benzene rings is 3. The van der Waals surface area contributed by atoms with E-state index < -0.39 is 0 Å². The zero-order valence-corrected chi connectivity index (χ0v) is 22.0. The van der Waals surface area contributed by atoms with Gasteiger partial charge in [-0.15, -0.1) is 0 Å². The molecule has 1 N–H and O–H groups in total. The number of hydrogen-bond acceptors (Lipinski definition) is 5. The van der Waals surface area contributed by atoms with E-state index in [-0.39, 0.29) is 0 Å². The van der Waals surface area contributed by atoms with Crippen molar-refractivity contribution in [3.05, 3.63) is 89.0 Å². The van der Waals surface area contributed by atoms with Crippen LogP contribution in [0.25, 0.3) is 0 Å². The fourth-order valence-electron chi connectivity index (χ4n) is 5.08. The Bertz CT molecular complexity index is 1100. The van der Waals surface area contributed by atoms with Crippen LogP contribution in [-0.2, 0) is 24.1 Å². The molecule has 0 saturated carbocycles. The minimum absolute atomic E-state index is 0.371. The van der Waals surface area contributed by atoms with Crippen LogP contribution >= 0.6 is 0 Å². The molecule has 1 aliphatic rings. The Hall–Kier alpha value is -3.02. The zero-order valence-electron chi connectivity index (χ0n) is 22.0. The minimum Gasteiger partial charge on any atom is -0.508 e. The highest BCUT2D eigenvalue weighted by Gasteiger charge is 2.24. The molecule has 0 spiro atoms. The first-order valence-corrected chi connectivity index (χ1v) is 13.1. The molecule has 1 atom stereocenters. The topological polar surface area (TPSA) is 45.2 Å². The molecule has 1 unspecified atom stereocenters. The van der Waals surface area contributed by atoms with Crippen molar-refractivity contribution < 1.29 is 14.6 Å². The van der Waals surface area contributed by atoms with E-state index >= 15 is 0 Å². The number of ether oxygens (including phenoxy) is 2. The lowest BCUT2D eigenvalue weighted by atomic mass is 9.79. The van der Waals surface area contributed by atoms with Crippen LogP contribution in [-0.4, -0.2) is 57.0 Å². The number of anilines is 1. The maximum Gasteiger partial charge on any atom is 0.119 e. The maximum atomic E-state index is 9.85. The van der Waals surface area contributed by atoms with E-state index in [0.717, 1.165) is 57.8 Å². The lowest BCUT2D eigenvalue weighted by Gasteiger charge is -2.31. The summed E-state index contributed by atoms with van der Waals surface area (Å²) < 4.78 is 11.1. The average Bonchev–Trinajstić information content (AvgIpc) is 2.91. The molecule has 5 nitrogen and oxygen atoms in total. The summed E-state index contributed by atoms with van der Waals surface area (Å²) in [6, 6.07) is 23.2. The maximum absolute atomic E-state index is 9.85. The summed E-state index contributed by atoms with van der Waals surface area (Å²) in [5, 5.41) is 9.85. The second-order valence-electron chi connectivity index (χ2n) is 9.75. The van der Waals surface area contributed by atoms with Crippen molar-refractivity contribution in [1.29, 1.82) is 0 Å². The van der Waals surface area contributed by atoms with Crippen LogP contribution in [0.15, 0.2) is 66.7 Å². The van der Waals surface area contributed by atoms with Crippen LogP contribution in [0, 0.1) is 0 Å². The van der Waals surface area contributed by atoms with Gasteiger partial charge in [-0.25, -0.2) is 0 Å². The third kappa shape index (κ3) is 6.80. The molecule has 3 aromatic carbocycles. The molecule has 0 amide bonds. The molecule has 192 valence electrons. The Balaban J connectivity index is 1.39. The smallest absolute Gasteiger partial charge is 0.119 e. The molecule has 3 aromatic rings. The number of likely N-dealkylation sites (N-methyl/N-ethyl adjacent to an activating group) is 1. The van der Waals surface area contributed by atoms with Crippen LogP contribution in [0.3, 0.4) is 0 Å². The van der Waals surface area contributed by atoms with Crippen molar-refractivity contribution in [3.63, 3.8) is 0 Å². The Kier molecular flexibility index (Phi) is 9.26. The van der Waals surface area contributed by atoms with Crippen molar-refractivity contribution >= 4 is 5.69 Å². The number of aryl methyl sites for hydroxylation is 1. The van der Waals surface area contributed by atoms with Crippen LogP contribution in [0.5, 0.6) is 11.5 Å². The van der Waals surface area contributed by atoms with Gasteiger partial charge in [0, 0.05) is 39.0 Å². The summed E-state index contributed by atoms with van der Waals surface area (Å²) in [7, 11) is 3.81. The van der Waals surface area contributed by atoms with Crippen molar-refractivity contribution in [1.82, 2.24) is 4.90 Å². The van der Waals surface area contributed by atoms with Gasteiger partial charge >= 0.3 is 0 Å². The van der Waals surface area contributed by atoms with Crippen molar-refractivity contribution in [2.75, 3.05) is 51.9 Å². The van der Waals surface area contributed by atoms with Crippen molar-refractivity contribution in [2.24, 2.45) is 0 Å². The van der Waals surface area contributed by atoms with Gasteiger partial charge in [0.2, 0.25) is 0 Å². The van der Waals surface area contributed by atoms with E-state index in [1.165, 1.54) is 27.9 Å². The first-order valence-electron chi connectivity index (χ1n) is 13.1. The zero-order chi connectivity index (χ0) is 25.3. The molecular weight excluding hydrogens is 448 g/mol. The summed E-state index contributed by atoms with van der Waals surface area (Å²) in [6.07, 6.45) is 3.15. The minimum atomic E-state index is 0.371. The standard InChI is InChI=1S/C31H40N2O3/c1-4-33(23-24-9-15-29(16-10-24)36-20-18-32(2)17-19-35-3)31-8-6-5-7-30(31)27-12-11-26-22-28(34)14-13-25(26)21-27/h5-10,13-16,22,27,34H,4,11-12,17-21,23H2,1-3H3. The predicted octanol–water partition coefficient (Wildman–Crippen LogP) is 5.65. The fraction of sp³-hybridized carbons (Fsp3) is 0.419. The van der Waals surface area contributed by atoms with Gasteiger partial charge in [-0.2, -0.15) is 0 Å². The van der Waals surface area contributed by atoms with E-state index in [1.54, 1.807) is 7.11 Å². The Morgan fingerprint density at radius 2 is 1.72 bits per heavy atom. The SMILES string of the molecule is CCN(Cc1ccc(OCCN(C)CCOC)cc1)c1ccccc1C1CCc2cc(O)ccc2C1. The summed E-state index contributed by atoms with van der Waals surface area (Å²) >= 11 is 0. The van der Waals surface area contributed by atoms with Gasteiger partial charge in [0.05, 0.1) is 6.61 Å². The molecule has 0 aliphatic heterocycles. The molecule has 0 heterocycles. The van der Waals surface area contributed by atoms with Crippen molar-refractivity contribution in [3.8, 4) is 11.5 Å². The summed E-state index contributed by atoms with van der Waals surface area (Å²) in [4.78, 5) is 4.69. The number of hydrogen-bond donors (Lipinski definition) is 1. The molecule has 5 heteroatoms. The number of fused-ring (bicyclic) bond motifs is 1. The molecule has 0 saturated heterocycles. The number of phenols is 1. The number of aromatic hydroxyl groups is 1. The van der Waals surface area contributed by atoms with Gasteiger partial charge in [0.25, 0.3) is 0 Å². The van der Waals surface area contributed by atoms with Gasteiger partial charge in [-0.05, 0) is 91.7 Å². The highest BCUT2D eigenvalue weighted by Crippen LogP contribution is 2.38. The first-order chi connectivity index (χ1) is 17.6. The van der Waals surface area contributed by atoms with Gasteiger partial charge in [0.1, 0.15) is 18.1 Å². The van der Waals surface area contributed by atoms with Crippen LogP contribution < -0.4 is 9.64 Å². The van der Waals surface area contributed by atoms with Gasteiger partial charge in [0.15, 0.2) is 0 Å². The number of phenolic OH excluding ortho intramolecular Hbond substituents is 1. The van der Waals surface area contributed by atoms with E-state index in [9.17, 15) is 5.11 Å². The lowest BCUT2D eigenvalue weighted by molar-refractivity contribution is 0.150. The summed E-state index contributed by atoms with van der Waals surface area (Å²) in [5.74, 6) is 1.77. The number of methoxy groups -OCH3 is 1. The summed E-state index contributed by atoms with van der Waals surface area (Å²) in [5.41, 5.74) is 6.69. The molecule has 4 rings (SSSR count). The monoisotopic (exact) mass is 488 g/mol. The number of rotatable bonds is 12. The van der Waals surface area contributed by atoms with Gasteiger partial charge in [-0.1, -0.05) is 36.4 Å². The van der Waals surface area contributed by atoms with Crippen LogP contribution in [0.4, 0.5) is 5.69 Å².